The molecule has 0 aromatic carbocycles. The van der Waals surface area contributed by atoms with E-state index in [0.29, 0.717) is 0 Å². The zero-order valence-electron chi connectivity index (χ0n) is 9.05. The summed E-state index contributed by atoms with van der Waals surface area (Å²) in [6, 6.07) is 0. The van der Waals surface area contributed by atoms with Crippen LogP contribution >= 0.6 is 0 Å². The van der Waals surface area contributed by atoms with Crippen LogP contribution in [0.25, 0.3) is 0 Å². The molecule has 13 heavy (non-hydrogen) atoms. The summed E-state index contributed by atoms with van der Waals surface area (Å²) in [4.78, 5) is 2.36. The average Bonchev–Trinajstić information content (AvgIpc) is 2.48. The maximum absolute atomic E-state index is 5.05. The first kappa shape index (κ1) is 11.0. The molecule has 3 heteroatoms. The minimum Gasteiger partial charge on any atom is -0.383 e. The van der Waals surface area contributed by atoms with E-state index in [4.69, 9.17) is 4.74 Å². The number of hydrogen-bond donors (Lipinski definition) is 1. The second kappa shape index (κ2) is 5.58. The first-order valence-corrected chi connectivity index (χ1v) is 5.12. The molecule has 0 amide bonds. The van der Waals surface area contributed by atoms with Gasteiger partial charge in [-0.3, -0.25) is 0 Å². The molecular weight excluding hydrogens is 164 g/mol. The van der Waals surface area contributed by atoms with Gasteiger partial charge in [-0.1, -0.05) is 6.92 Å². The highest BCUT2D eigenvalue weighted by atomic mass is 16.5. The van der Waals surface area contributed by atoms with Crippen molar-refractivity contribution in [1.82, 2.24) is 10.2 Å². The van der Waals surface area contributed by atoms with Crippen LogP contribution in [0, 0.1) is 11.8 Å². The Bertz CT molecular complexity index is 141. The lowest BCUT2D eigenvalue weighted by atomic mass is 9.98. The number of nitrogens with one attached hydrogen (secondary N) is 1. The van der Waals surface area contributed by atoms with E-state index in [0.717, 1.165) is 25.0 Å². The molecule has 0 spiro atoms. The van der Waals surface area contributed by atoms with Crippen LogP contribution in [0.15, 0.2) is 0 Å². The molecule has 1 aliphatic rings. The molecule has 1 N–H and O–H groups in total. The van der Waals surface area contributed by atoms with Crippen LogP contribution in [0.5, 0.6) is 0 Å². The zero-order valence-corrected chi connectivity index (χ0v) is 9.05. The molecule has 0 bridgehead atoms. The van der Waals surface area contributed by atoms with E-state index in [-0.39, 0.29) is 0 Å². The lowest BCUT2D eigenvalue weighted by molar-refractivity contribution is 0.149. The lowest BCUT2D eigenvalue weighted by Gasteiger charge is -2.22. The molecule has 1 saturated heterocycles. The smallest absolute Gasteiger partial charge is 0.0589 e. The van der Waals surface area contributed by atoms with Gasteiger partial charge in [0.1, 0.15) is 0 Å². The molecule has 0 radical (unpaired) electrons. The molecule has 1 fully saturated rings. The van der Waals surface area contributed by atoms with E-state index in [9.17, 15) is 0 Å². The molecule has 0 aliphatic carbocycles. The van der Waals surface area contributed by atoms with Crippen molar-refractivity contribution >= 4 is 0 Å². The third kappa shape index (κ3) is 3.63. The molecule has 0 aromatic heterocycles. The van der Waals surface area contributed by atoms with Crippen LogP contribution < -0.4 is 5.32 Å². The fourth-order valence-electron chi connectivity index (χ4n) is 1.85. The Morgan fingerprint density at radius 3 is 2.77 bits per heavy atom. The summed E-state index contributed by atoms with van der Waals surface area (Å²) in [5.74, 6) is 1.65. The van der Waals surface area contributed by atoms with Crippen molar-refractivity contribution < 1.29 is 4.74 Å². The Labute approximate surface area is 81.4 Å². The highest BCUT2D eigenvalue weighted by Crippen LogP contribution is 2.16. The summed E-state index contributed by atoms with van der Waals surface area (Å²) in [6.07, 6.45) is 0. The predicted octanol–water partition coefficient (Wildman–Crippen LogP) is 0.420. The van der Waals surface area contributed by atoms with Crippen molar-refractivity contribution in [3.8, 4) is 0 Å². The summed E-state index contributed by atoms with van der Waals surface area (Å²) in [5, 5.41) is 3.43. The Hall–Kier alpha value is -0.120. The van der Waals surface area contributed by atoms with Crippen LogP contribution in [0.4, 0.5) is 0 Å². The summed E-state index contributed by atoms with van der Waals surface area (Å²) in [7, 11) is 3.93. The number of hydrogen-bond acceptors (Lipinski definition) is 3. The van der Waals surface area contributed by atoms with E-state index in [2.05, 4.69) is 24.2 Å². The van der Waals surface area contributed by atoms with Crippen LogP contribution in [0.3, 0.4) is 0 Å². The molecule has 1 heterocycles. The SMILES string of the molecule is COCCN(C)CC1CNCC1C. The van der Waals surface area contributed by atoms with Gasteiger partial charge in [0.05, 0.1) is 6.61 Å². The van der Waals surface area contributed by atoms with Crippen LogP contribution in [0.1, 0.15) is 6.92 Å². The van der Waals surface area contributed by atoms with Crippen molar-refractivity contribution in [2.45, 2.75) is 6.92 Å². The Kier molecular flexibility index (Phi) is 4.70. The molecular formula is C10H22N2O. The number of nitrogens with zero attached hydrogens (tertiary/aromatic N) is 1. The van der Waals surface area contributed by atoms with E-state index in [1.165, 1.54) is 19.6 Å². The first-order valence-electron chi connectivity index (χ1n) is 5.12. The standard InChI is InChI=1S/C10H22N2O/c1-9-6-11-7-10(9)8-12(2)4-5-13-3/h9-11H,4-8H2,1-3H3. The number of rotatable bonds is 5. The van der Waals surface area contributed by atoms with Crippen molar-refractivity contribution in [2.24, 2.45) is 11.8 Å². The van der Waals surface area contributed by atoms with Gasteiger partial charge in [0.15, 0.2) is 0 Å². The maximum Gasteiger partial charge on any atom is 0.0589 e. The second-order valence-corrected chi connectivity index (χ2v) is 4.15. The molecule has 3 nitrogen and oxygen atoms in total. The molecule has 0 aromatic rings. The molecule has 1 rings (SSSR count). The zero-order chi connectivity index (χ0) is 9.68. The van der Waals surface area contributed by atoms with Gasteiger partial charge >= 0.3 is 0 Å². The number of ether oxygens (including phenoxy) is 1. The molecule has 0 saturated carbocycles. The molecule has 2 unspecified atom stereocenters. The number of likely N-dealkylation sites (N-methyl/N-ethyl adjacent to an activating group) is 1. The predicted molar refractivity (Wildman–Crippen MR) is 54.9 cm³/mol. The minimum atomic E-state index is 0.821. The first-order chi connectivity index (χ1) is 6.24. The Morgan fingerprint density at radius 1 is 1.46 bits per heavy atom. The quantitative estimate of drug-likeness (QED) is 0.673. The fourth-order valence-corrected chi connectivity index (χ4v) is 1.85. The average molecular weight is 186 g/mol. The third-order valence-electron chi connectivity index (χ3n) is 2.90. The molecule has 78 valence electrons. The maximum atomic E-state index is 5.05. The Morgan fingerprint density at radius 2 is 2.23 bits per heavy atom. The van der Waals surface area contributed by atoms with Gasteiger partial charge in [-0.05, 0) is 32.0 Å². The fraction of sp³-hybridized carbons (Fsp3) is 1.00. The van der Waals surface area contributed by atoms with Crippen molar-refractivity contribution in [3.63, 3.8) is 0 Å². The Balaban J connectivity index is 2.15. The summed E-state index contributed by atoms with van der Waals surface area (Å²) < 4.78 is 5.05. The van der Waals surface area contributed by atoms with Gasteiger partial charge < -0.3 is 15.0 Å². The highest BCUT2D eigenvalue weighted by Gasteiger charge is 2.23. The normalized spacial score (nSPS) is 28.6. The molecule has 2 atom stereocenters. The van der Waals surface area contributed by atoms with Gasteiger partial charge in [-0.25, -0.2) is 0 Å². The van der Waals surface area contributed by atoms with Crippen LogP contribution in [-0.4, -0.2) is 51.8 Å². The summed E-state index contributed by atoms with van der Waals surface area (Å²) >= 11 is 0. The summed E-state index contributed by atoms with van der Waals surface area (Å²) in [5.41, 5.74) is 0. The van der Waals surface area contributed by atoms with Crippen LogP contribution in [-0.2, 0) is 4.74 Å². The molecule has 1 aliphatic heterocycles. The highest BCUT2D eigenvalue weighted by molar-refractivity contribution is 4.79. The van der Waals surface area contributed by atoms with E-state index in [1.807, 2.05) is 0 Å². The second-order valence-electron chi connectivity index (χ2n) is 4.15. The van der Waals surface area contributed by atoms with E-state index < -0.39 is 0 Å². The van der Waals surface area contributed by atoms with Crippen molar-refractivity contribution in [2.75, 3.05) is 46.9 Å². The van der Waals surface area contributed by atoms with Gasteiger partial charge in [-0.2, -0.15) is 0 Å². The van der Waals surface area contributed by atoms with Gasteiger partial charge in [0.2, 0.25) is 0 Å². The topological polar surface area (TPSA) is 24.5 Å². The third-order valence-corrected chi connectivity index (χ3v) is 2.90. The number of methoxy groups -OCH3 is 1. The van der Waals surface area contributed by atoms with Gasteiger partial charge in [0.25, 0.3) is 0 Å². The largest absolute Gasteiger partial charge is 0.383 e. The van der Waals surface area contributed by atoms with Gasteiger partial charge in [-0.15, -0.1) is 0 Å². The van der Waals surface area contributed by atoms with Crippen molar-refractivity contribution in [1.29, 1.82) is 0 Å². The lowest BCUT2D eigenvalue weighted by Crippen LogP contribution is -2.31. The summed E-state index contributed by atoms with van der Waals surface area (Å²) in [6.45, 7) is 7.76. The van der Waals surface area contributed by atoms with E-state index >= 15 is 0 Å². The van der Waals surface area contributed by atoms with Crippen LogP contribution in [0.2, 0.25) is 0 Å². The minimum absolute atomic E-state index is 0.821. The van der Waals surface area contributed by atoms with Crippen molar-refractivity contribution in [3.05, 3.63) is 0 Å². The monoisotopic (exact) mass is 186 g/mol. The van der Waals surface area contributed by atoms with E-state index in [1.54, 1.807) is 7.11 Å². The van der Waals surface area contributed by atoms with Gasteiger partial charge in [0, 0.05) is 20.2 Å².